The van der Waals surface area contributed by atoms with Gasteiger partial charge in [0, 0.05) is 6.04 Å². The first-order valence-corrected chi connectivity index (χ1v) is 6.70. The van der Waals surface area contributed by atoms with Crippen LogP contribution in [0.25, 0.3) is 0 Å². The fourth-order valence-corrected chi connectivity index (χ4v) is 3.23. The van der Waals surface area contributed by atoms with Crippen LogP contribution in [0, 0.1) is 7.14 Å². The molecule has 1 aromatic carbocycles. The molecule has 0 amide bonds. The topological polar surface area (TPSA) is 120 Å². The van der Waals surface area contributed by atoms with Crippen molar-refractivity contribution in [2.75, 3.05) is 0 Å². The first-order valence-electron chi connectivity index (χ1n) is 4.54. The SMILES string of the molecule is N[C@H](CC(=O)O)Cc1cc(I)c(O)c(I)c1.[NH4+]. The molecule has 0 unspecified atom stereocenters. The molecule has 8 N–H and O–H groups in total. The van der Waals surface area contributed by atoms with Crippen LogP contribution in [-0.4, -0.2) is 22.2 Å². The van der Waals surface area contributed by atoms with E-state index in [0.29, 0.717) is 6.42 Å². The number of aromatic hydroxyl groups is 1. The number of hydrogen-bond acceptors (Lipinski definition) is 3. The Labute approximate surface area is 127 Å². The highest BCUT2D eigenvalue weighted by molar-refractivity contribution is 14.1. The van der Waals surface area contributed by atoms with Crippen molar-refractivity contribution in [2.45, 2.75) is 18.9 Å². The molecule has 0 heterocycles. The van der Waals surface area contributed by atoms with E-state index in [1.54, 1.807) is 0 Å². The van der Waals surface area contributed by atoms with Crippen molar-refractivity contribution in [3.8, 4) is 5.75 Å². The van der Waals surface area contributed by atoms with Crippen LogP contribution in [0.15, 0.2) is 12.1 Å². The average Bonchev–Trinajstić information content (AvgIpc) is 2.12. The van der Waals surface area contributed by atoms with Crippen molar-refractivity contribution in [3.63, 3.8) is 0 Å². The second kappa shape index (κ2) is 7.34. The number of benzene rings is 1. The van der Waals surface area contributed by atoms with Gasteiger partial charge in [-0.3, -0.25) is 4.79 Å². The Morgan fingerprint density at radius 3 is 2.24 bits per heavy atom. The average molecular weight is 465 g/mol. The lowest BCUT2D eigenvalue weighted by Crippen LogP contribution is -2.26. The summed E-state index contributed by atoms with van der Waals surface area (Å²) in [5.41, 5.74) is 6.64. The molecule has 17 heavy (non-hydrogen) atoms. The lowest BCUT2D eigenvalue weighted by Gasteiger charge is -2.10. The number of hydrogen-bond donors (Lipinski definition) is 4. The zero-order chi connectivity index (χ0) is 12.3. The van der Waals surface area contributed by atoms with Crippen LogP contribution in [0.4, 0.5) is 0 Å². The number of carbonyl (C=O) groups is 1. The first-order chi connectivity index (χ1) is 7.40. The third-order valence-corrected chi connectivity index (χ3v) is 3.66. The van der Waals surface area contributed by atoms with E-state index in [0.717, 1.165) is 12.7 Å². The van der Waals surface area contributed by atoms with Crippen molar-refractivity contribution in [3.05, 3.63) is 24.8 Å². The van der Waals surface area contributed by atoms with Crippen LogP contribution in [-0.2, 0) is 11.2 Å². The summed E-state index contributed by atoms with van der Waals surface area (Å²) in [6.45, 7) is 0. The van der Waals surface area contributed by atoms with E-state index in [1.165, 1.54) is 0 Å². The summed E-state index contributed by atoms with van der Waals surface area (Å²) in [7, 11) is 0. The third-order valence-electron chi connectivity index (χ3n) is 2.01. The van der Waals surface area contributed by atoms with E-state index in [-0.39, 0.29) is 18.3 Å². The van der Waals surface area contributed by atoms with Gasteiger partial charge in [-0.25, -0.2) is 0 Å². The van der Waals surface area contributed by atoms with Gasteiger partial charge in [-0.2, -0.15) is 0 Å². The summed E-state index contributed by atoms with van der Waals surface area (Å²) in [5.74, 6) is -0.632. The Bertz CT molecular complexity index is 390. The van der Waals surface area contributed by atoms with Crippen LogP contribution >= 0.6 is 45.2 Å². The normalized spacial score (nSPS) is 11.7. The van der Waals surface area contributed by atoms with E-state index in [9.17, 15) is 9.90 Å². The van der Waals surface area contributed by atoms with Gasteiger partial charge >= 0.3 is 5.97 Å². The van der Waals surface area contributed by atoms with Gasteiger partial charge in [-0.05, 0) is 69.3 Å². The van der Waals surface area contributed by atoms with Gasteiger partial charge < -0.3 is 22.1 Å². The molecule has 0 bridgehead atoms. The van der Waals surface area contributed by atoms with Crippen LogP contribution in [0.1, 0.15) is 12.0 Å². The fourth-order valence-electron chi connectivity index (χ4n) is 1.34. The minimum atomic E-state index is -0.893. The minimum Gasteiger partial charge on any atom is -0.506 e. The smallest absolute Gasteiger partial charge is 0.304 e. The maximum atomic E-state index is 10.5. The van der Waals surface area contributed by atoms with Crippen LogP contribution in [0.3, 0.4) is 0 Å². The molecule has 0 aliphatic rings. The molecule has 96 valence electrons. The highest BCUT2D eigenvalue weighted by atomic mass is 127. The van der Waals surface area contributed by atoms with Crippen molar-refractivity contribution in [1.82, 2.24) is 6.15 Å². The fraction of sp³-hybridized carbons (Fsp3) is 0.300. The van der Waals surface area contributed by atoms with Gasteiger partial charge in [0.25, 0.3) is 0 Å². The number of carboxylic acids is 1. The van der Waals surface area contributed by atoms with Crippen molar-refractivity contribution in [1.29, 1.82) is 0 Å². The highest BCUT2D eigenvalue weighted by Crippen LogP contribution is 2.27. The Morgan fingerprint density at radius 1 is 1.35 bits per heavy atom. The Kier molecular flexibility index (Phi) is 7.28. The van der Waals surface area contributed by atoms with E-state index < -0.39 is 12.0 Å². The summed E-state index contributed by atoms with van der Waals surface area (Å²) in [5, 5.41) is 18.2. The molecule has 0 saturated carbocycles. The molecule has 0 fully saturated rings. The molecule has 7 heteroatoms. The zero-order valence-electron chi connectivity index (χ0n) is 9.28. The Balaban J connectivity index is 0.00000256. The molecule has 0 aliphatic carbocycles. The largest absolute Gasteiger partial charge is 0.506 e. The van der Waals surface area contributed by atoms with E-state index in [1.807, 2.05) is 57.3 Å². The highest BCUT2D eigenvalue weighted by Gasteiger charge is 2.11. The van der Waals surface area contributed by atoms with Crippen LogP contribution in [0.5, 0.6) is 5.75 Å². The third kappa shape index (κ3) is 5.36. The van der Waals surface area contributed by atoms with E-state index >= 15 is 0 Å². The van der Waals surface area contributed by atoms with Gasteiger partial charge in [0.2, 0.25) is 0 Å². The van der Waals surface area contributed by atoms with Gasteiger partial charge in [-0.1, -0.05) is 0 Å². The maximum absolute atomic E-state index is 10.5. The van der Waals surface area contributed by atoms with Gasteiger partial charge in [0.1, 0.15) is 5.75 Å². The Morgan fingerprint density at radius 2 is 1.82 bits per heavy atom. The summed E-state index contributed by atoms with van der Waals surface area (Å²) in [6, 6.07) is 3.24. The van der Waals surface area contributed by atoms with E-state index in [4.69, 9.17) is 10.8 Å². The minimum absolute atomic E-state index is 0. The molecular formula is C10H15I2N2O3+. The van der Waals surface area contributed by atoms with E-state index in [2.05, 4.69) is 0 Å². The molecule has 1 aromatic rings. The number of phenolic OH excluding ortho intramolecular Hbond substituents is 1. The van der Waals surface area contributed by atoms with Crippen LogP contribution < -0.4 is 11.9 Å². The second-order valence-corrected chi connectivity index (χ2v) is 5.79. The number of nitrogens with two attached hydrogens (primary N) is 1. The lowest BCUT2D eigenvalue weighted by atomic mass is 10.0. The first kappa shape index (κ1) is 16.9. The maximum Gasteiger partial charge on any atom is 0.304 e. The van der Waals surface area contributed by atoms with Gasteiger partial charge in [-0.15, -0.1) is 0 Å². The number of aliphatic carboxylic acids is 1. The number of halogens is 2. The Hall–Kier alpha value is -0.130. The number of quaternary nitrogens is 1. The quantitative estimate of drug-likeness (QED) is 0.511. The van der Waals surface area contributed by atoms with Gasteiger partial charge in [0.05, 0.1) is 13.6 Å². The monoisotopic (exact) mass is 465 g/mol. The summed E-state index contributed by atoms with van der Waals surface area (Å²) >= 11 is 4.07. The summed E-state index contributed by atoms with van der Waals surface area (Å²) in [4.78, 5) is 10.5. The summed E-state index contributed by atoms with van der Waals surface area (Å²) in [6.07, 6.45) is 0.451. The molecule has 1 rings (SSSR count). The lowest BCUT2D eigenvalue weighted by molar-refractivity contribution is -0.137. The predicted octanol–water partition coefficient (Wildman–Crippen LogP) is 2.32. The number of phenols is 1. The van der Waals surface area contributed by atoms with Gasteiger partial charge in [0.15, 0.2) is 0 Å². The van der Waals surface area contributed by atoms with Crippen molar-refractivity contribution < 1.29 is 15.0 Å². The number of rotatable bonds is 4. The van der Waals surface area contributed by atoms with Crippen molar-refractivity contribution in [2.24, 2.45) is 5.73 Å². The molecule has 0 aliphatic heterocycles. The second-order valence-electron chi connectivity index (χ2n) is 3.47. The molecule has 1 atom stereocenters. The molecule has 0 radical (unpaired) electrons. The number of carboxylic acid groups (broad SMARTS) is 1. The molecule has 0 aromatic heterocycles. The summed E-state index contributed by atoms with van der Waals surface area (Å²) < 4.78 is 1.50. The molecular weight excluding hydrogens is 450 g/mol. The molecule has 0 spiro atoms. The molecule has 5 nitrogen and oxygen atoms in total. The standard InChI is InChI=1S/C10H11I2NO3.H3N/c11-7-2-5(3-8(12)10(7)16)1-6(13)4-9(14)15;/h2-3,6,16H,1,4,13H2,(H,14,15);1H3/p+1/t6-;/m0./s1. The zero-order valence-corrected chi connectivity index (χ0v) is 13.6. The van der Waals surface area contributed by atoms with Crippen LogP contribution in [0.2, 0.25) is 0 Å². The predicted molar refractivity (Wildman–Crippen MR) is 83.5 cm³/mol. The molecule has 0 saturated heterocycles. The van der Waals surface area contributed by atoms with Crippen molar-refractivity contribution >= 4 is 51.2 Å².